The van der Waals surface area contributed by atoms with Crippen molar-refractivity contribution in [3.8, 4) is 0 Å². The first-order valence-corrected chi connectivity index (χ1v) is 14.1. The van der Waals surface area contributed by atoms with Gasteiger partial charge in [0.05, 0.1) is 37.5 Å². The van der Waals surface area contributed by atoms with Crippen LogP contribution in [0.2, 0.25) is 0 Å². The maximum absolute atomic E-state index is 13.5. The van der Waals surface area contributed by atoms with Crippen LogP contribution in [-0.4, -0.2) is 53.8 Å². The number of nitro benzene ring substituents is 1. The molecule has 3 aromatic carbocycles. The molecular weight excluding hydrogens is 502 g/mol. The Bertz CT molecular complexity index is 1390. The van der Waals surface area contributed by atoms with Crippen LogP contribution in [-0.2, 0) is 4.79 Å². The van der Waals surface area contributed by atoms with Gasteiger partial charge in [-0.3, -0.25) is 19.7 Å². The highest BCUT2D eigenvalue weighted by atomic mass is 16.6. The van der Waals surface area contributed by atoms with Crippen molar-refractivity contribution in [2.75, 3.05) is 37.6 Å². The molecule has 3 aromatic rings. The van der Waals surface area contributed by atoms with Crippen LogP contribution in [0.15, 0.2) is 84.9 Å². The van der Waals surface area contributed by atoms with E-state index in [-0.39, 0.29) is 23.3 Å². The minimum atomic E-state index is -0.453. The number of hydrogen-bond acceptors (Lipinski definition) is 4. The van der Waals surface area contributed by atoms with E-state index in [2.05, 4.69) is 30.4 Å². The topological polar surface area (TPSA) is 80.5 Å². The Balaban J connectivity index is 1.30. The Labute approximate surface area is 235 Å². The Kier molecular flexibility index (Phi) is 8.21. The summed E-state index contributed by atoms with van der Waals surface area (Å²) in [6, 6.07) is 24.3. The molecule has 0 N–H and O–H groups in total. The normalized spacial score (nSPS) is 22.3. The SMILES string of the molecule is CC(=O)CC[N+]1(CC=Cc2ccccc2)CCC(C2CN(C(=O)c3ccc([N+](=O)[O-])cc3)c3ccccc32)CC1. The van der Waals surface area contributed by atoms with Crippen LogP contribution >= 0.6 is 0 Å². The maximum atomic E-state index is 13.5. The van der Waals surface area contributed by atoms with Crippen LogP contribution in [0.3, 0.4) is 0 Å². The molecule has 7 nitrogen and oxygen atoms in total. The number of carbonyl (C=O) groups excluding carboxylic acids is 2. The van der Waals surface area contributed by atoms with Gasteiger partial charge < -0.3 is 9.38 Å². The number of quaternary nitrogens is 1. The molecule has 0 aromatic heterocycles. The summed E-state index contributed by atoms with van der Waals surface area (Å²) in [6.07, 6.45) is 7.10. The minimum Gasteiger partial charge on any atom is -0.320 e. The van der Waals surface area contributed by atoms with Gasteiger partial charge in [0.1, 0.15) is 5.78 Å². The Morgan fingerprint density at radius 2 is 1.65 bits per heavy atom. The number of nitrogens with zero attached hydrogens (tertiary/aromatic N) is 3. The van der Waals surface area contributed by atoms with Crippen LogP contribution in [0.25, 0.3) is 6.08 Å². The van der Waals surface area contributed by atoms with Crippen LogP contribution in [0.5, 0.6) is 0 Å². The highest BCUT2D eigenvalue weighted by molar-refractivity contribution is 6.07. The third-order valence-electron chi connectivity index (χ3n) is 8.63. The molecule has 0 bridgehead atoms. The highest BCUT2D eigenvalue weighted by Gasteiger charge is 2.41. The first-order chi connectivity index (χ1) is 19.3. The summed E-state index contributed by atoms with van der Waals surface area (Å²) in [4.78, 5) is 37.9. The van der Waals surface area contributed by atoms with E-state index in [4.69, 9.17) is 0 Å². The molecule has 1 fully saturated rings. The van der Waals surface area contributed by atoms with Crippen molar-refractivity contribution in [3.05, 3.63) is 112 Å². The summed E-state index contributed by atoms with van der Waals surface area (Å²) >= 11 is 0. The summed E-state index contributed by atoms with van der Waals surface area (Å²) in [5, 5.41) is 11.1. The minimum absolute atomic E-state index is 0.0246. The number of amides is 1. The number of Topliss-reactive ketones (excluding diaryl/α,β-unsaturated/α-hetero) is 1. The van der Waals surface area contributed by atoms with E-state index >= 15 is 0 Å². The van der Waals surface area contributed by atoms with Gasteiger partial charge in [-0.15, -0.1) is 0 Å². The van der Waals surface area contributed by atoms with Crippen molar-refractivity contribution >= 4 is 29.1 Å². The fourth-order valence-electron chi connectivity index (χ4n) is 6.32. The second kappa shape index (κ2) is 12.0. The average Bonchev–Trinajstić information content (AvgIpc) is 3.36. The predicted octanol–water partition coefficient (Wildman–Crippen LogP) is 6.26. The molecule has 2 aliphatic rings. The van der Waals surface area contributed by atoms with E-state index in [0.717, 1.165) is 49.2 Å². The lowest BCUT2D eigenvalue weighted by Crippen LogP contribution is -2.54. The number of benzene rings is 3. The number of nitro groups is 1. The third-order valence-corrected chi connectivity index (χ3v) is 8.63. The van der Waals surface area contributed by atoms with E-state index < -0.39 is 4.92 Å². The van der Waals surface area contributed by atoms with E-state index in [0.29, 0.717) is 24.4 Å². The lowest BCUT2D eigenvalue weighted by Gasteiger charge is -2.44. The first-order valence-electron chi connectivity index (χ1n) is 14.1. The van der Waals surface area contributed by atoms with Crippen molar-refractivity contribution in [2.24, 2.45) is 5.92 Å². The molecule has 1 unspecified atom stereocenters. The zero-order chi connectivity index (χ0) is 28.1. The molecule has 0 spiro atoms. The van der Waals surface area contributed by atoms with Gasteiger partial charge in [0.2, 0.25) is 0 Å². The Hall–Kier alpha value is -4.10. The summed E-state index contributed by atoms with van der Waals surface area (Å²) in [5.41, 5.74) is 3.75. The summed E-state index contributed by atoms with van der Waals surface area (Å²) in [6.45, 7) is 6.06. The number of ketones is 1. The van der Waals surface area contributed by atoms with E-state index in [1.165, 1.54) is 23.3 Å². The zero-order valence-corrected chi connectivity index (χ0v) is 22.9. The van der Waals surface area contributed by atoms with Gasteiger partial charge in [0, 0.05) is 48.7 Å². The average molecular weight is 539 g/mol. The van der Waals surface area contributed by atoms with Crippen LogP contribution < -0.4 is 4.90 Å². The molecule has 40 heavy (non-hydrogen) atoms. The van der Waals surface area contributed by atoms with E-state index in [9.17, 15) is 19.7 Å². The van der Waals surface area contributed by atoms with Gasteiger partial charge in [0.25, 0.3) is 11.6 Å². The van der Waals surface area contributed by atoms with Crippen LogP contribution in [0.4, 0.5) is 11.4 Å². The quantitative estimate of drug-likeness (QED) is 0.183. The van der Waals surface area contributed by atoms with E-state index in [1.807, 2.05) is 41.3 Å². The van der Waals surface area contributed by atoms with Gasteiger partial charge in [-0.05, 0) is 48.2 Å². The van der Waals surface area contributed by atoms with Crippen molar-refractivity contribution in [3.63, 3.8) is 0 Å². The Morgan fingerprint density at radius 1 is 0.975 bits per heavy atom. The number of para-hydroxylation sites is 1. The molecule has 206 valence electrons. The first kappa shape index (κ1) is 27.5. The largest absolute Gasteiger partial charge is 0.320 e. The van der Waals surface area contributed by atoms with Gasteiger partial charge in [-0.1, -0.05) is 54.6 Å². The van der Waals surface area contributed by atoms with Crippen molar-refractivity contribution in [1.29, 1.82) is 0 Å². The second-order valence-corrected chi connectivity index (χ2v) is 11.2. The number of hydrogen-bond donors (Lipinski definition) is 0. The number of non-ortho nitro benzene ring substituents is 1. The second-order valence-electron chi connectivity index (χ2n) is 11.2. The van der Waals surface area contributed by atoms with Gasteiger partial charge >= 0.3 is 0 Å². The zero-order valence-electron chi connectivity index (χ0n) is 22.9. The van der Waals surface area contributed by atoms with Gasteiger partial charge in [-0.2, -0.15) is 0 Å². The lowest BCUT2D eigenvalue weighted by molar-refractivity contribution is -0.927. The number of carbonyl (C=O) groups is 2. The molecule has 0 saturated carbocycles. The molecule has 7 heteroatoms. The molecule has 2 aliphatic heterocycles. The summed E-state index contributed by atoms with van der Waals surface area (Å²) in [5.74, 6) is 0.792. The number of fused-ring (bicyclic) bond motifs is 1. The fourth-order valence-corrected chi connectivity index (χ4v) is 6.32. The van der Waals surface area contributed by atoms with Gasteiger partial charge in [0.15, 0.2) is 0 Å². The number of likely N-dealkylation sites (tertiary alicyclic amines) is 1. The smallest absolute Gasteiger partial charge is 0.269 e. The third kappa shape index (κ3) is 6.05. The van der Waals surface area contributed by atoms with Crippen molar-refractivity contribution in [1.82, 2.24) is 0 Å². The van der Waals surface area contributed by atoms with Crippen molar-refractivity contribution < 1.29 is 19.0 Å². The molecule has 1 saturated heterocycles. The molecule has 1 amide bonds. The number of piperidine rings is 1. The summed E-state index contributed by atoms with van der Waals surface area (Å²) < 4.78 is 0.916. The predicted molar refractivity (Wildman–Crippen MR) is 157 cm³/mol. The van der Waals surface area contributed by atoms with E-state index in [1.54, 1.807) is 19.1 Å². The van der Waals surface area contributed by atoms with Crippen LogP contribution in [0, 0.1) is 16.0 Å². The van der Waals surface area contributed by atoms with Crippen molar-refractivity contribution in [2.45, 2.75) is 32.1 Å². The molecular formula is C33H36N3O4+. The summed E-state index contributed by atoms with van der Waals surface area (Å²) in [7, 11) is 0. The molecule has 0 radical (unpaired) electrons. The number of anilines is 1. The lowest BCUT2D eigenvalue weighted by atomic mass is 9.80. The molecule has 5 rings (SSSR count). The molecule has 0 aliphatic carbocycles. The maximum Gasteiger partial charge on any atom is 0.269 e. The monoisotopic (exact) mass is 538 g/mol. The fraction of sp³-hybridized carbons (Fsp3) is 0.333. The van der Waals surface area contributed by atoms with Gasteiger partial charge in [-0.25, -0.2) is 0 Å². The number of rotatable bonds is 9. The van der Waals surface area contributed by atoms with Crippen LogP contribution in [0.1, 0.15) is 53.6 Å². The Morgan fingerprint density at radius 3 is 2.33 bits per heavy atom. The molecule has 1 atom stereocenters. The molecule has 2 heterocycles. The highest BCUT2D eigenvalue weighted by Crippen LogP contribution is 2.45. The standard InChI is InChI=1S/C33H36N3O4/c1-25(37)17-21-36(20-7-10-26-8-3-2-4-9-26)22-18-27(19-23-36)31-24-34(32-12-6-5-11-30(31)32)33(38)28-13-15-29(16-14-28)35(39)40/h2-16,27,31H,17-24H2,1H3/q+1.